The van der Waals surface area contributed by atoms with E-state index in [1.165, 1.54) is 16.0 Å². The van der Waals surface area contributed by atoms with Gasteiger partial charge in [-0.15, -0.1) is 0 Å². The average Bonchev–Trinajstić information content (AvgIpc) is 1.72. The summed E-state index contributed by atoms with van der Waals surface area (Å²) in [4.78, 5) is 0. The second-order valence-corrected chi connectivity index (χ2v) is 3.21. The van der Waals surface area contributed by atoms with Crippen molar-refractivity contribution in [3.63, 3.8) is 0 Å². The number of hydrogen-bond acceptors (Lipinski definition) is 0. The van der Waals surface area contributed by atoms with E-state index in [-0.39, 0.29) is 0 Å². The van der Waals surface area contributed by atoms with Crippen molar-refractivity contribution in [2.45, 2.75) is 16.0 Å². The molecule has 0 aromatic heterocycles. The fourth-order valence-corrected chi connectivity index (χ4v) is 4.05. The first-order valence-corrected chi connectivity index (χ1v) is 5.99. The van der Waals surface area contributed by atoms with Crippen molar-refractivity contribution in [3.05, 3.63) is 5.92 Å². The minimum atomic E-state index is 1.18. The van der Waals surface area contributed by atoms with Crippen molar-refractivity contribution in [3.8, 4) is 0 Å². The van der Waals surface area contributed by atoms with Crippen LogP contribution in [0.2, 0.25) is 16.0 Å². The molecule has 0 unspecified atom stereocenters. The molecule has 0 N–H and O–H groups in total. The molecule has 0 bridgehead atoms. The zero-order valence-corrected chi connectivity index (χ0v) is 9.59. The molecule has 0 saturated carbocycles. The zero-order valence-electron chi connectivity index (χ0n) is 3.96. The quantitative estimate of drug-likeness (QED) is 0.617. The average molecular weight is 294 g/mol. The van der Waals surface area contributed by atoms with Gasteiger partial charge in [-0.25, -0.2) is 0 Å². The van der Waals surface area contributed by atoms with Crippen LogP contribution in [-0.2, 0) is 0 Å². The van der Waals surface area contributed by atoms with Gasteiger partial charge in [-0.1, -0.05) is 0 Å². The third-order valence-electron chi connectivity index (χ3n) is 0.671. The van der Waals surface area contributed by atoms with E-state index in [1.807, 2.05) is 0 Å². The van der Waals surface area contributed by atoms with Crippen LogP contribution < -0.4 is 0 Å². The third-order valence-corrected chi connectivity index (χ3v) is 3.49. The second kappa shape index (κ2) is 5.69. The molecule has 0 spiro atoms. The molecule has 0 aliphatic rings. The van der Waals surface area contributed by atoms with Crippen LogP contribution in [0.15, 0.2) is 0 Å². The summed E-state index contributed by atoms with van der Waals surface area (Å²) in [6.07, 6.45) is 0. The Labute approximate surface area is 69.6 Å². The molecule has 3 heteroatoms. The van der Waals surface area contributed by atoms with E-state index < -0.39 is 0 Å². The van der Waals surface area contributed by atoms with Gasteiger partial charge in [0.05, 0.1) is 0 Å². The first-order chi connectivity index (χ1) is 3.35. The maximum atomic E-state index is 2.60. The Kier molecular flexibility index (Phi) is 6.96. The van der Waals surface area contributed by atoms with Gasteiger partial charge in [-0.3, -0.25) is 0 Å². The van der Waals surface area contributed by atoms with Crippen LogP contribution in [0.1, 0.15) is 0 Å². The molecule has 0 amide bonds. The van der Waals surface area contributed by atoms with Gasteiger partial charge < -0.3 is 0 Å². The second-order valence-electron chi connectivity index (χ2n) is 1.22. The third kappa shape index (κ3) is 4.09. The molecule has 0 aliphatic carbocycles. The predicted molar refractivity (Wildman–Crippen MR) is 39.1 cm³/mol. The van der Waals surface area contributed by atoms with Crippen LogP contribution in [0.3, 0.4) is 0 Å². The van der Waals surface area contributed by atoms with Crippen molar-refractivity contribution in [2.24, 2.45) is 0 Å². The Morgan fingerprint density at radius 3 is 1.14 bits per heavy atom. The van der Waals surface area contributed by atoms with Crippen molar-refractivity contribution < 1.29 is 0 Å². The molecular weight excluding hydrogens is 285 g/mol. The van der Waals surface area contributed by atoms with Gasteiger partial charge in [0.2, 0.25) is 0 Å². The number of hydrogen-bond donors (Lipinski definition) is 0. The summed E-state index contributed by atoms with van der Waals surface area (Å²) in [6.45, 7) is 0. The van der Waals surface area contributed by atoms with Gasteiger partial charge in [0, 0.05) is 0 Å². The van der Waals surface area contributed by atoms with Gasteiger partial charge >= 0.3 is 69.9 Å². The molecule has 7 heavy (non-hydrogen) atoms. The van der Waals surface area contributed by atoms with Gasteiger partial charge in [0.1, 0.15) is 0 Å². The molecule has 0 heterocycles. The van der Waals surface area contributed by atoms with Crippen LogP contribution in [0.4, 0.5) is 0 Å². The fourth-order valence-electron chi connectivity index (χ4n) is 0.150. The molecule has 0 aromatic carbocycles. The van der Waals surface area contributed by atoms with E-state index in [9.17, 15) is 0 Å². The Bertz CT molecular complexity index is 28.4. The molecule has 0 nitrogen and oxygen atoms in total. The Balaban J connectivity index is 2.99. The van der Waals surface area contributed by atoms with Crippen molar-refractivity contribution in [2.75, 3.05) is 0 Å². The van der Waals surface area contributed by atoms with Gasteiger partial charge in [-0.2, -0.15) is 0 Å². The van der Waals surface area contributed by atoms with Gasteiger partial charge in [-0.05, 0) is 0 Å². The summed E-state index contributed by atoms with van der Waals surface area (Å²) in [7, 11) is 0. The Hall–Kier alpha value is 1.56. The van der Waals surface area contributed by atoms with Crippen LogP contribution in [-0.4, -0.2) is 48.0 Å². The molecule has 0 aliphatic heterocycles. The monoisotopic (exact) mass is 297 g/mol. The van der Waals surface area contributed by atoms with Gasteiger partial charge in [0.15, 0.2) is 0 Å². The van der Waals surface area contributed by atoms with Crippen LogP contribution in [0, 0.1) is 5.92 Å². The molecule has 0 atom stereocenters. The number of rotatable bonds is 3. The van der Waals surface area contributed by atoms with E-state index in [2.05, 4.69) is 48.0 Å². The molecule has 0 saturated heterocycles. The summed E-state index contributed by atoms with van der Waals surface area (Å²) >= 11 is 7.79. The molecule has 0 aromatic rings. The van der Waals surface area contributed by atoms with Crippen LogP contribution in [0.5, 0.6) is 0 Å². The summed E-state index contributed by atoms with van der Waals surface area (Å²) in [5, 5.41) is 3.53. The van der Waals surface area contributed by atoms with E-state index in [0.717, 1.165) is 0 Å². The minimum absolute atomic E-state index is 1.18. The van der Waals surface area contributed by atoms with Crippen molar-refractivity contribution >= 4 is 48.0 Å². The summed E-state index contributed by atoms with van der Waals surface area (Å²) in [6, 6.07) is 0. The standard InChI is InChI=1S/C4H9Se3/c5-1-4(2-6)3-7/h5-7H,1-3H2. The topological polar surface area (TPSA) is 0 Å². The van der Waals surface area contributed by atoms with E-state index in [1.54, 1.807) is 5.92 Å². The molecule has 43 valence electrons. The van der Waals surface area contributed by atoms with Crippen LogP contribution in [0.25, 0.3) is 0 Å². The fraction of sp³-hybridized carbons (Fsp3) is 0.750. The maximum absolute atomic E-state index is 2.60. The Morgan fingerprint density at radius 2 is 1.14 bits per heavy atom. The van der Waals surface area contributed by atoms with Crippen LogP contribution >= 0.6 is 0 Å². The first kappa shape index (κ1) is 8.56. The van der Waals surface area contributed by atoms with Crippen molar-refractivity contribution in [1.82, 2.24) is 0 Å². The molecule has 0 rings (SSSR count). The zero-order chi connectivity index (χ0) is 5.70. The SMILES string of the molecule is [SeH]C[C](C[SeH])C[SeH]. The normalized spacial score (nSPS) is 10.3. The first-order valence-electron chi connectivity index (χ1n) is 2.01. The summed E-state index contributed by atoms with van der Waals surface area (Å²) in [5.74, 6) is 1.60. The summed E-state index contributed by atoms with van der Waals surface area (Å²) in [5.41, 5.74) is 0. The van der Waals surface area contributed by atoms with E-state index in [0.29, 0.717) is 0 Å². The predicted octanol–water partition coefficient (Wildman–Crippen LogP) is -0.482. The van der Waals surface area contributed by atoms with E-state index >= 15 is 0 Å². The summed E-state index contributed by atoms with van der Waals surface area (Å²) < 4.78 is 0. The Morgan fingerprint density at radius 1 is 0.857 bits per heavy atom. The van der Waals surface area contributed by atoms with Gasteiger partial charge in [0.25, 0.3) is 0 Å². The molecule has 0 fully saturated rings. The molecule has 1 radical (unpaired) electrons. The van der Waals surface area contributed by atoms with Crippen molar-refractivity contribution in [1.29, 1.82) is 0 Å². The molecular formula is C4H9Se3. The van der Waals surface area contributed by atoms with E-state index in [4.69, 9.17) is 0 Å².